The number of rotatable bonds is 18. The molecule has 0 saturated heterocycles. The summed E-state index contributed by atoms with van der Waals surface area (Å²) in [5.74, 6) is 3.28. The molecule has 0 amide bonds. The Morgan fingerprint density at radius 2 is 0.764 bits per heavy atom. The molecule has 0 unspecified atom stereocenters. The third-order valence-corrected chi connectivity index (χ3v) is 15.6. The third kappa shape index (κ3) is 11.9. The third-order valence-electron chi connectivity index (χ3n) is 11.5. The van der Waals surface area contributed by atoms with E-state index in [4.69, 9.17) is 18.9 Å². The summed E-state index contributed by atoms with van der Waals surface area (Å²) >= 11 is 0. The van der Waals surface area contributed by atoms with Crippen LogP contribution < -0.4 is 18.9 Å². The van der Waals surface area contributed by atoms with Gasteiger partial charge >= 0.3 is 0 Å². The number of hydrogen-bond acceptors (Lipinski definition) is 18. The van der Waals surface area contributed by atoms with Crippen LogP contribution in [0.5, 0.6) is 23.0 Å². The molecule has 0 aliphatic carbocycles. The summed E-state index contributed by atoms with van der Waals surface area (Å²) in [7, 11) is -1.21. The Hall–Kier alpha value is -7.72. The first-order chi connectivity index (χ1) is 34.5. The minimum Gasteiger partial charge on any atom is -0.494 e. The van der Waals surface area contributed by atoms with Crippen LogP contribution in [-0.4, -0.2) is 115 Å². The van der Waals surface area contributed by atoms with Crippen molar-refractivity contribution in [3.63, 3.8) is 0 Å². The second-order valence-electron chi connectivity index (χ2n) is 17.0. The van der Waals surface area contributed by atoms with Crippen LogP contribution in [0.2, 0.25) is 0 Å². The van der Waals surface area contributed by atoms with E-state index in [0.717, 1.165) is 22.3 Å². The molecule has 0 aliphatic rings. The summed E-state index contributed by atoms with van der Waals surface area (Å²) in [5.41, 5.74) is 5.82. The Kier molecular flexibility index (Phi) is 16.3. The first-order valence-electron chi connectivity index (χ1n) is 22.6. The number of hydrogen-bond donors (Lipinski definition) is 0. The molecule has 0 bridgehead atoms. The van der Waals surface area contributed by atoms with E-state index in [1.807, 2.05) is 52.0 Å². The lowest BCUT2D eigenvalue weighted by Gasteiger charge is -2.18. The van der Waals surface area contributed by atoms with Crippen molar-refractivity contribution in [1.29, 1.82) is 0 Å². The monoisotopic (exact) mass is 1020 g/mol. The van der Waals surface area contributed by atoms with Crippen molar-refractivity contribution in [2.45, 2.75) is 76.4 Å². The molecular formula is C50H56N12O8S2. The van der Waals surface area contributed by atoms with Gasteiger partial charge in [0.25, 0.3) is 0 Å². The number of ether oxygens (including phenoxy) is 4. The van der Waals surface area contributed by atoms with Gasteiger partial charge in [-0.15, -0.1) is 20.4 Å². The number of pyridine rings is 2. The molecule has 2 atom stereocenters. The molecule has 6 heterocycles. The van der Waals surface area contributed by atoms with Gasteiger partial charge in [0.2, 0.25) is 0 Å². The van der Waals surface area contributed by atoms with Gasteiger partial charge < -0.3 is 18.9 Å². The maximum atomic E-state index is 13.4. The van der Waals surface area contributed by atoms with Gasteiger partial charge in [0.15, 0.2) is 43.0 Å². The number of benzene rings is 2. The number of aromatic nitrogens is 12. The predicted octanol–water partition coefficient (Wildman–Crippen LogP) is 6.60. The maximum Gasteiger partial charge on any atom is 0.187 e. The van der Waals surface area contributed by atoms with Crippen LogP contribution in [0.3, 0.4) is 0 Å². The van der Waals surface area contributed by atoms with E-state index in [-0.39, 0.29) is 36.0 Å². The highest BCUT2D eigenvalue weighted by Gasteiger charge is 2.31. The molecule has 0 N–H and O–H groups in total. The van der Waals surface area contributed by atoms with Crippen molar-refractivity contribution in [1.82, 2.24) is 59.4 Å². The van der Waals surface area contributed by atoms with Crippen LogP contribution in [0.25, 0.3) is 34.4 Å². The van der Waals surface area contributed by atoms with Crippen LogP contribution in [0, 0.1) is 27.7 Å². The molecule has 6 aromatic heterocycles. The van der Waals surface area contributed by atoms with E-state index in [2.05, 4.69) is 50.3 Å². The van der Waals surface area contributed by atoms with Gasteiger partial charge in [0.05, 0.1) is 38.9 Å². The Labute approximate surface area is 418 Å². The fourth-order valence-electron chi connectivity index (χ4n) is 7.39. The largest absolute Gasteiger partial charge is 0.494 e. The SMILES string of the molecule is COc1cccc(OC)c1-n1c(CS(=O)(=O)[C@@H](C)Cc2ncc(C)cn2)nnc1-c1ccc(C)cn1.COc1cccc(OC)c1-n1c(CS(=O)(=O)[C@H](C)Cc2ncc(C)cn2)nnc1-c1ccc(C)cn1. The summed E-state index contributed by atoms with van der Waals surface area (Å²) in [6.45, 7) is 10.9. The maximum absolute atomic E-state index is 13.4. The van der Waals surface area contributed by atoms with E-state index in [9.17, 15) is 16.8 Å². The molecule has 8 aromatic rings. The normalized spacial score (nSPS) is 12.4. The molecule has 22 heteroatoms. The summed E-state index contributed by atoms with van der Waals surface area (Å²) in [5, 5.41) is 15.7. The van der Waals surface area contributed by atoms with Crippen LogP contribution in [0.15, 0.2) is 97.8 Å². The van der Waals surface area contributed by atoms with Crippen LogP contribution in [0.1, 0.15) is 59.4 Å². The fourth-order valence-corrected chi connectivity index (χ4v) is 9.86. The standard InChI is InChI=1S/2C25H28N6O4S/c2*1-16-9-10-19(26-12-16)25-30-29-23(31(25)24-20(34-4)7-6-8-21(24)35-5)15-36(32,33)18(3)11-22-27-13-17(2)14-28-22/h2*6-10,12-14,18H,11,15H2,1-5H3/t2*18-/m10/s1. The fraction of sp³-hybridized carbons (Fsp3) is 0.320. The molecule has 20 nitrogen and oxygen atoms in total. The molecule has 72 heavy (non-hydrogen) atoms. The van der Waals surface area contributed by atoms with Gasteiger partial charge in [-0.1, -0.05) is 24.3 Å². The lowest BCUT2D eigenvalue weighted by Crippen LogP contribution is -2.24. The van der Waals surface area contributed by atoms with Gasteiger partial charge in [-0.25, -0.2) is 36.8 Å². The molecule has 0 spiro atoms. The average molecular weight is 1020 g/mol. The van der Waals surface area contributed by atoms with Gasteiger partial charge in [-0.3, -0.25) is 19.1 Å². The zero-order valence-electron chi connectivity index (χ0n) is 41.7. The number of aryl methyl sites for hydroxylation is 4. The second kappa shape index (κ2) is 22.6. The topological polar surface area (TPSA) is 244 Å². The molecule has 0 saturated carbocycles. The minimum absolute atomic E-state index is 0.182. The van der Waals surface area contributed by atoms with Crippen molar-refractivity contribution >= 4 is 19.7 Å². The van der Waals surface area contributed by atoms with E-state index in [0.29, 0.717) is 69.1 Å². The lowest BCUT2D eigenvalue weighted by atomic mass is 10.2. The Bertz CT molecular complexity index is 3080. The summed E-state index contributed by atoms with van der Waals surface area (Å²) in [6, 6.07) is 18.1. The van der Waals surface area contributed by atoms with Crippen molar-refractivity contribution < 1.29 is 35.8 Å². The molecule has 0 fully saturated rings. The highest BCUT2D eigenvalue weighted by atomic mass is 32.2. The smallest absolute Gasteiger partial charge is 0.187 e. The van der Waals surface area contributed by atoms with Crippen molar-refractivity contribution in [2.24, 2.45) is 0 Å². The van der Waals surface area contributed by atoms with E-state index >= 15 is 0 Å². The van der Waals surface area contributed by atoms with E-state index in [1.165, 1.54) is 28.4 Å². The highest BCUT2D eigenvalue weighted by Crippen LogP contribution is 2.38. The van der Waals surface area contributed by atoms with E-state index < -0.39 is 30.2 Å². The minimum atomic E-state index is -3.67. The summed E-state index contributed by atoms with van der Waals surface area (Å²) in [4.78, 5) is 26.0. The Morgan fingerprint density at radius 1 is 0.444 bits per heavy atom. The number of methoxy groups -OCH3 is 4. The molecule has 0 aliphatic heterocycles. The lowest BCUT2D eigenvalue weighted by molar-refractivity contribution is 0.390. The zero-order chi connectivity index (χ0) is 51.7. The van der Waals surface area contributed by atoms with E-state index in [1.54, 1.807) is 96.6 Å². The Morgan fingerprint density at radius 3 is 1.06 bits per heavy atom. The zero-order valence-corrected chi connectivity index (χ0v) is 43.3. The molecule has 376 valence electrons. The number of sulfone groups is 2. The first kappa shape index (κ1) is 52.1. The quantitative estimate of drug-likeness (QED) is 0.0879. The van der Waals surface area contributed by atoms with Gasteiger partial charge in [0.1, 0.15) is 68.9 Å². The highest BCUT2D eigenvalue weighted by molar-refractivity contribution is 7.91. The van der Waals surface area contributed by atoms with Gasteiger partial charge in [-0.2, -0.15) is 0 Å². The summed E-state index contributed by atoms with van der Waals surface area (Å²) in [6.07, 6.45) is 10.5. The van der Waals surface area contributed by atoms with Crippen LogP contribution in [-0.2, 0) is 44.0 Å². The predicted molar refractivity (Wildman–Crippen MR) is 270 cm³/mol. The van der Waals surface area contributed by atoms with Crippen LogP contribution >= 0.6 is 0 Å². The summed E-state index contributed by atoms with van der Waals surface area (Å²) < 4.78 is 79.4. The second-order valence-corrected chi connectivity index (χ2v) is 21.8. The molecule has 0 radical (unpaired) electrons. The average Bonchev–Trinajstić information content (AvgIpc) is 3.98. The molecule has 2 aromatic carbocycles. The number of para-hydroxylation sites is 2. The molecule has 8 rings (SSSR count). The van der Waals surface area contributed by atoms with Crippen molar-refractivity contribution in [2.75, 3.05) is 28.4 Å². The van der Waals surface area contributed by atoms with Gasteiger partial charge in [-0.05, 0) is 100 Å². The van der Waals surface area contributed by atoms with Crippen molar-refractivity contribution in [3.05, 3.63) is 143 Å². The van der Waals surface area contributed by atoms with Gasteiger partial charge in [0, 0.05) is 50.0 Å². The first-order valence-corrected chi connectivity index (χ1v) is 26.0. The van der Waals surface area contributed by atoms with Crippen molar-refractivity contribution in [3.8, 4) is 57.4 Å². The Balaban J connectivity index is 0.000000211. The number of nitrogens with zero attached hydrogens (tertiary/aromatic N) is 12. The molecular weight excluding hydrogens is 961 g/mol. The van der Waals surface area contributed by atoms with Crippen LogP contribution in [0.4, 0.5) is 0 Å².